The third kappa shape index (κ3) is 2.84. The summed E-state index contributed by atoms with van der Waals surface area (Å²) in [6.45, 7) is 2.20. The van der Waals surface area contributed by atoms with E-state index in [1.54, 1.807) is 35.2 Å². The monoisotopic (exact) mass is 394 g/mol. The van der Waals surface area contributed by atoms with Gasteiger partial charge in [0.2, 0.25) is 0 Å². The van der Waals surface area contributed by atoms with Crippen molar-refractivity contribution in [2.24, 2.45) is 5.73 Å². The highest BCUT2D eigenvalue weighted by molar-refractivity contribution is 6.31. The maximum atomic E-state index is 13.5. The molecule has 6 nitrogen and oxygen atoms in total. The van der Waals surface area contributed by atoms with Crippen molar-refractivity contribution in [3.05, 3.63) is 64.2 Å². The first-order chi connectivity index (χ1) is 13.3. The fourth-order valence-electron chi connectivity index (χ4n) is 4.25. The largest absolute Gasteiger partial charge is 0.332 e. The molecule has 142 valence electrons. The van der Waals surface area contributed by atoms with Gasteiger partial charge in [-0.3, -0.25) is 4.79 Å². The number of nitrogens with zero attached hydrogens (tertiary/aromatic N) is 3. The van der Waals surface area contributed by atoms with Crippen molar-refractivity contribution in [1.82, 2.24) is 4.90 Å². The molecule has 0 saturated carbocycles. The summed E-state index contributed by atoms with van der Waals surface area (Å²) >= 11 is 6.15. The maximum absolute atomic E-state index is 13.5. The Balaban J connectivity index is 1.74. The van der Waals surface area contributed by atoms with Crippen molar-refractivity contribution in [3.63, 3.8) is 0 Å². The van der Waals surface area contributed by atoms with Gasteiger partial charge in [0.25, 0.3) is 5.91 Å². The molecular weight excluding hydrogens is 376 g/mol. The molecule has 4 rings (SSSR count). The summed E-state index contributed by atoms with van der Waals surface area (Å²) in [4.78, 5) is 29.5. The first-order valence-electron chi connectivity index (χ1n) is 9.02. The lowest BCUT2D eigenvalue weighted by Crippen LogP contribution is -2.47. The Labute approximate surface area is 168 Å². The molecule has 28 heavy (non-hydrogen) atoms. The second kappa shape index (κ2) is 6.62. The number of amides is 3. The Morgan fingerprint density at radius 3 is 2.61 bits per heavy atom. The summed E-state index contributed by atoms with van der Waals surface area (Å²) in [5.41, 5.74) is 7.89. The van der Waals surface area contributed by atoms with Gasteiger partial charge in [-0.25, -0.2) is 9.69 Å². The van der Waals surface area contributed by atoms with Gasteiger partial charge < -0.3 is 10.6 Å². The number of aryl methyl sites for hydroxylation is 1. The summed E-state index contributed by atoms with van der Waals surface area (Å²) in [6, 6.07) is 13.7. The second-order valence-electron chi connectivity index (χ2n) is 7.50. The van der Waals surface area contributed by atoms with Gasteiger partial charge in [0.15, 0.2) is 0 Å². The number of nitriles is 1. The number of fused-ring (bicyclic) bond motifs is 1. The fraction of sp³-hybridized carbons (Fsp3) is 0.286. The molecule has 2 aromatic rings. The molecule has 2 aliphatic heterocycles. The van der Waals surface area contributed by atoms with Gasteiger partial charge in [-0.15, -0.1) is 0 Å². The highest BCUT2D eigenvalue weighted by Crippen LogP contribution is 2.42. The highest BCUT2D eigenvalue weighted by atomic mass is 35.5. The molecule has 0 spiro atoms. The Kier molecular flexibility index (Phi) is 4.37. The van der Waals surface area contributed by atoms with E-state index in [9.17, 15) is 9.59 Å². The number of hydrogen-bond acceptors (Lipinski definition) is 4. The minimum atomic E-state index is -1.01. The van der Waals surface area contributed by atoms with E-state index in [0.29, 0.717) is 35.7 Å². The molecule has 0 aromatic heterocycles. The topological polar surface area (TPSA) is 90.4 Å². The van der Waals surface area contributed by atoms with Crippen LogP contribution in [0.1, 0.15) is 23.1 Å². The molecule has 2 saturated heterocycles. The lowest BCUT2D eigenvalue weighted by Gasteiger charge is -2.28. The van der Waals surface area contributed by atoms with Crippen LogP contribution in [-0.4, -0.2) is 35.0 Å². The van der Waals surface area contributed by atoms with Crippen molar-refractivity contribution in [1.29, 1.82) is 5.26 Å². The summed E-state index contributed by atoms with van der Waals surface area (Å²) in [5, 5.41) is 9.46. The van der Waals surface area contributed by atoms with Gasteiger partial charge in [0.1, 0.15) is 5.54 Å². The smallest absolute Gasteiger partial charge is 0.326 e. The van der Waals surface area contributed by atoms with Crippen molar-refractivity contribution in [3.8, 4) is 6.07 Å². The molecule has 0 radical (unpaired) electrons. The SMILES string of the molecule is Cc1cc(Cl)cc(N2C(=O)N3CC(N)CC3(Cc3ccc(C#N)cc3)C2=O)c1. The lowest BCUT2D eigenvalue weighted by molar-refractivity contribution is -0.124. The van der Waals surface area contributed by atoms with E-state index in [2.05, 4.69) is 6.07 Å². The summed E-state index contributed by atoms with van der Waals surface area (Å²) < 4.78 is 0. The third-order valence-corrected chi connectivity index (χ3v) is 5.64. The average Bonchev–Trinajstić information content (AvgIpc) is 3.07. The molecule has 0 aliphatic carbocycles. The molecule has 2 fully saturated rings. The van der Waals surface area contributed by atoms with Crippen LogP contribution in [0.3, 0.4) is 0 Å². The van der Waals surface area contributed by atoms with E-state index in [0.717, 1.165) is 11.1 Å². The number of carbonyl (C=O) groups is 2. The fourth-order valence-corrected chi connectivity index (χ4v) is 4.53. The quantitative estimate of drug-likeness (QED) is 0.810. The van der Waals surface area contributed by atoms with Crippen molar-refractivity contribution in [2.45, 2.75) is 31.3 Å². The second-order valence-corrected chi connectivity index (χ2v) is 7.94. The zero-order chi connectivity index (χ0) is 20.1. The Bertz CT molecular complexity index is 994. The van der Waals surface area contributed by atoms with Crippen molar-refractivity contribution in [2.75, 3.05) is 11.4 Å². The predicted octanol–water partition coefficient (Wildman–Crippen LogP) is 3.00. The number of rotatable bonds is 3. The van der Waals surface area contributed by atoms with Crippen LogP contribution in [0.5, 0.6) is 0 Å². The highest BCUT2D eigenvalue weighted by Gasteiger charge is 2.61. The molecular formula is C21H19ClN4O2. The van der Waals surface area contributed by atoms with E-state index in [-0.39, 0.29) is 18.0 Å². The van der Waals surface area contributed by atoms with E-state index in [4.69, 9.17) is 22.6 Å². The molecule has 7 heteroatoms. The van der Waals surface area contributed by atoms with Crippen LogP contribution >= 0.6 is 11.6 Å². The number of nitrogens with two attached hydrogens (primary N) is 1. The van der Waals surface area contributed by atoms with E-state index in [1.165, 1.54) is 4.90 Å². The number of imide groups is 1. The number of anilines is 1. The van der Waals surface area contributed by atoms with Gasteiger partial charge in [-0.05, 0) is 54.8 Å². The zero-order valence-electron chi connectivity index (χ0n) is 15.4. The van der Waals surface area contributed by atoms with Crippen LogP contribution in [0.4, 0.5) is 10.5 Å². The Morgan fingerprint density at radius 1 is 1.25 bits per heavy atom. The van der Waals surface area contributed by atoms with Gasteiger partial charge >= 0.3 is 6.03 Å². The summed E-state index contributed by atoms with van der Waals surface area (Å²) in [6.07, 6.45) is 0.751. The molecule has 3 amide bonds. The van der Waals surface area contributed by atoms with E-state index in [1.807, 2.05) is 19.1 Å². The molecule has 2 unspecified atom stereocenters. The maximum Gasteiger partial charge on any atom is 0.332 e. The minimum absolute atomic E-state index is 0.255. The molecule has 2 N–H and O–H groups in total. The number of hydrogen-bond donors (Lipinski definition) is 1. The number of carbonyl (C=O) groups excluding carboxylic acids is 2. The van der Waals surface area contributed by atoms with Crippen molar-refractivity contribution >= 4 is 29.2 Å². The van der Waals surface area contributed by atoms with Crippen LogP contribution in [0.15, 0.2) is 42.5 Å². The zero-order valence-corrected chi connectivity index (χ0v) is 16.1. The third-order valence-electron chi connectivity index (χ3n) is 5.42. The first kappa shape index (κ1) is 18.5. The first-order valence-corrected chi connectivity index (χ1v) is 9.40. The Morgan fingerprint density at radius 2 is 1.96 bits per heavy atom. The average molecular weight is 395 g/mol. The van der Waals surface area contributed by atoms with Crippen molar-refractivity contribution < 1.29 is 9.59 Å². The van der Waals surface area contributed by atoms with Gasteiger partial charge in [0, 0.05) is 24.0 Å². The van der Waals surface area contributed by atoms with E-state index >= 15 is 0 Å². The molecule has 2 aromatic carbocycles. The number of urea groups is 1. The van der Waals surface area contributed by atoms with Crippen LogP contribution in [0.25, 0.3) is 0 Å². The van der Waals surface area contributed by atoms with Gasteiger partial charge in [0.05, 0.1) is 17.3 Å². The van der Waals surface area contributed by atoms with Gasteiger partial charge in [-0.1, -0.05) is 23.7 Å². The number of halogens is 1. The minimum Gasteiger partial charge on any atom is -0.326 e. The standard InChI is InChI=1S/C21H19ClN4O2/c1-13-6-16(22)8-18(7-13)26-19(27)21(10-17(24)12-25(21)20(26)28)9-14-2-4-15(11-23)5-3-14/h2-8,17H,9-10,12,24H2,1H3. The molecule has 2 aliphatic rings. The van der Waals surface area contributed by atoms with Crippen LogP contribution < -0.4 is 10.6 Å². The molecule has 0 bridgehead atoms. The molecule has 2 atom stereocenters. The van der Waals surface area contributed by atoms with Crippen LogP contribution in [0.2, 0.25) is 5.02 Å². The predicted molar refractivity (Wildman–Crippen MR) is 106 cm³/mol. The molecule has 2 heterocycles. The Hall–Kier alpha value is -2.88. The van der Waals surface area contributed by atoms with E-state index < -0.39 is 5.54 Å². The number of benzene rings is 2. The van der Waals surface area contributed by atoms with Crippen LogP contribution in [-0.2, 0) is 11.2 Å². The van der Waals surface area contributed by atoms with Gasteiger partial charge in [-0.2, -0.15) is 5.26 Å². The van der Waals surface area contributed by atoms with Crippen LogP contribution in [0, 0.1) is 18.3 Å². The normalized spacial score (nSPS) is 23.9. The summed E-state index contributed by atoms with van der Waals surface area (Å²) in [7, 11) is 0. The lowest BCUT2D eigenvalue weighted by atomic mass is 9.87. The summed E-state index contributed by atoms with van der Waals surface area (Å²) in [5.74, 6) is -0.281.